The van der Waals surface area contributed by atoms with E-state index < -0.39 is 0 Å². The molecule has 3 aromatic rings. The second kappa shape index (κ2) is 9.67. The monoisotopic (exact) mass is 461 g/mol. The molecule has 1 N–H and O–H groups in total. The number of urea groups is 1. The summed E-state index contributed by atoms with van der Waals surface area (Å²) in [5, 5.41) is 2.93. The van der Waals surface area contributed by atoms with Crippen LogP contribution in [0.25, 0.3) is 0 Å². The van der Waals surface area contributed by atoms with Crippen LogP contribution in [-0.2, 0) is 13.0 Å². The van der Waals surface area contributed by atoms with Crippen molar-refractivity contribution in [2.24, 2.45) is 5.92 Å². The lowest BCUT2D eigenvalue weighted by Crippen LogP contribution is -2.40. The predicted molar refractivity (Wildman–Crippen MR) is 129 cm³/mol. The summed E-state index contributed by atoms with van der Waals surface area (Å²) in [5.41, 5.74) is 2.37. The minimum absolute atomic E-state index is 0.192. The van der Waals surface area contributed by atoms with E-state index in [0.717, 1.165) is 42.9 Å². The Morgan fingerprint density at radius 3 is 2.62 bits per heavy atom. The van der Waals surface area contributed by atoms with Gasteiger partial charge in [0.2, 0.25) is 11.8 Å². The van der Waals surface area contributed by atoms with Crippen LogP contribution < -0.4 is 15.0 Å². The number of hydrogen-bond donors (Lipinski definition) is 1. The third-order valence-corrected chi connectivity index (χ3v) is 6.40. The summed E-state index contributed by atoms with van der Waals surface area (Å²) in [6.07, 6.45) is 2.78. The highest BCUT2D eigenvalue weighted by Gasteiger charge is 2.28. The molecule has 3 heterocycles. The number of halogens is 1. The minimum Gasteiger partial charge on any atom is -0.438 e. The largest absolute Gasteiger partial charge is 0.438 e. The van der Waals surface area contributed by atoms with Gasteiger partial charge in [-0.15, -0.1) is 0 Å². The zero-order chi connectivity index (χ0) is 23.5. The fraction of sp³-hybridized carbons (Fsp3) is 0.346. The van der Waals surface area contributed by atoms with E-state index in [1.807, 2.05) is 30.3 Å². The molecule has 0 spiro atoms. The number of anilines is 2. The molecule has 1 saturated heterocycles. The molecule has 2 amide bonds. The Hall–Kier alpha value is -3.68. The van der Waals surface area contributed by atoms with Crippen LogP contribution >= 0.6 is 0 Å². The van der Waals surface area contributed by atoms with Crippen LogP contribution in [-0.4, -0.2) is 40.5 Å². The Kier molecular flexibility index (Phi) is 6.29. The van der Waals surface area contributed by atoms with E-state index in [9.17, 15) is 9.18 Å². The van der Waals surface area contributed by atoms with Crippen molar-refractivity contribution in [3.63, 3.8) is 0 Å². The van der Waals surface area contributed by atoms with Crippen molar-refractivity contribution in [3.8, 4) is 11.6 Å². The zero-order valence-corrected chi connectivity index (χ0v) is 19.2. The molecule has 0 saturated carbocycles. The molecule has 0 bridgehead atoms. The van der Waals surface area contributed by atoms with Gasteiger partial charge in [-0.05, 0) is 43.0 Å². The Morgan fingerprint density at radius 2 is 1.85 bits per heavy atom. The number of carbonyl (C=O) groups is 1. The van der Waals surface area contributed by atoms with E-state index in [0.29, 0.717) is 43.0 Å². The number of amides is 2. The van der Waals surface area contributed by atoms with Crippen molar-refractivity contribution >= 4 is 17.7 Å². The Labute approximate surface area is 198 Å². The van der Waals surface area contributed by atoms with Gasteiger partial charge in [-0.1, -0.05) is 31.2 Å². The molecule has 34 heavy (non-hydrogen) atoms. The van der Waals surface area contributed by atoms with Crippen molar-refractivity contribution in [3.05, 3.63) is 71.7 Å². The highest BCUT2D eigenvalue weighted by molar-refractivity contribution is 5.89. The van der Waals surface area contributed by atoms with E-state index in [2.05, 4.69) is 17.1 Å². The Balaban J connectivity index is 1.43. The molecule has 2 aromatic carbocycles. The summed E-state index contributed by atoms with van der Waals surface area (Å²) >= 11 is 0. The first-order valence-electron chi connectivity index (χ1n) is 11.7. The predicted octanol–water partition coefficient (Wildman–Crippen LogP) is 5.23. The summed E-state index contributed by atoms with van der Waals surface area (Å²) in [6.45, 7) is 4.91. The van der Waals surface area contributed by atoms with Crippen LogP contribution in [0.15, 0.2) is 54.6 Å². The minimum atomic E-state index is -0.380. The molecule has 1 fully saturated rings. The molecular formula is C26H28FN5O2. The molecule has 0 aliphatic carbocycles. The fourth-order valence-electron chi connectivity index (χ4n) is 4.35. The maximum atomic E-state index is 13.8. The molecule has 1 aromatic heterocycles. The second-order valence-electron chi connectivity index (χ2n) is 8.95. The van der Waals surface area contributed by atoms with E-state index in [4.69, 9.17) is 14.7 Å². The number of piperidine rings is 1. The third kappa shape index (κ3) is 4.95. The maximum absolute atomic E-state index is 13.8. The van der Waals surface area contributed by atoms with E-state index in [1.54, 1.807) is 17.0 Å². The van der Waals surface area contributed by atoms with E-state index in [-0.39, 0.29) is 11.8 Å². The lowest BCUT2D eigenvalue weighted by atomic mass is 9.99. The Morgan fingerprint density at radius 1 is 1.06 bits per heavy atom. The zero-order valence-electron chi connectivity index (χ0n) is 19.2. The fourth-order valence-corrected chi connectivity index (χ4v) is 4.35. The van der Waals surface area contributed by atoms with Gasteiger partial charge in [0.1, 0.15) is 11.6 Å². The molecule has 7 nitrogen and oxygen atoms in total. The van der Waals surface area contributed by atoms with Gasteiger partial charge < -0.3 is 19.9 Å². The average Bonchev–Trinajstić information content (AvgIpc) is 2.85. The second-order valence-corrected chi connectivity index (χ2v) is 8.95. The van der Waals surface area contributed by atoms with Gasteiger partial charge in [-0.25, -0.2) is 14.2 Å². The molecule has 2 aliphatic heterocycles. The number of nitrogens with zero attached hydrogens (tertiary/aromatic N) is 4. The molecule has 0 atom stereocenters. The normalized spacial score (nSPS) is 16.2. The smallest absolute Gasteiger partial charge is 0.322 e. The highest BCUT2D eigenvalue weighted by Crippen LogP contribution is 2.33. The number of para-hydroxylation sites is 1. The van der Waals surface area contributed by atoms with Crippen molar-refractivity contribution < 1.29 is 13.9 Å². The molecule has 2 aliphatic rings. The number of benzene rings is 2. The average molecular weight is 462 g/mol. The topological polar surface area (TPSA) is 70.6 Å². The molecule has 5 rings (SSSR count). The molecule has 8 heteroatoms. The highest BCUT2D eigenvalue weighted by atomic mass is 19.1. The van der Waals surface area contributed by atoms with Gasteiger partial charge in [-0.3, -0.25) is 0 Å². The number of nitrogens with one attached hydrogen (secondary N) is 1. The first kappa shape index (κ1) is 22.1. The van der Waals surface area contributed by atoms with Crippen LogP contribution in [0.4, 0.5) is 20.8 Å². The summed E-state index contributed by atoms with van der Waals surface area (Å²) in [6, 6.07) is 15.2. The van der Waals surface area contributed by atoms with Gasteiger partial charge in [0, 0.05) is 37.8 Å². The van der Waals surface area contributed by atoms with Crippen molar-refractivity contribution in [2.75, 3.05) is 29.9 Å². The quantitative estimate of drug-likeness (QED) is 0.576. The van der Waals surface area contributed by atoms with Gasteiger partial charge in [0.25, 0.3) is 0 Å². The summed E-state index contributed by atoms with van der Waals surface area (Å²) in [5.74, 6) is 1.69. The summed E-state index contributed by atoms with van der Waals surface area (Å²) < 4.78 is 19.9. The number of carbonyl (C=O) groups excluding carboxylic acids is 1. The van der Waals surface area contributed by atoms with Crippen LogP contribution in [0, 0.1) is 11.7 Å². The van der Waals surface area contributed by atoms with Crippen molar-refractivity contribution in [2.45, 2.75) is 32.7 Å². The summed E-state index contributed by atoms with van der Waals surface area (Å²) in [7, 11) is 0. The van der Waals surface area contributed by atoms with Crippen LogP contribution in [0.5, 0.6) is 11.6 Å². The molecular weight excluding hydrogens is 433 g/mol. The number of rotatable bonds is 4. The van der Waals surface area contributed by atoms with Gasteiger partial charge >= 0.3 is 6.03 Å². The van der Waals surface area contributed by atoms with Crippen molar-refractivity contribution in [1.82, 2.24) is 14.9 Å². The van der Waals surface area contributed by atoms with Gasteiger partial charge in [-0.2, -0.15) is 4.98 Å². The number of fused-ring (bicyclic) bond motifs is 1. The number of ether oxygens (including phenoxy) is 1. The maximum Gasteiger partial charge on any atom is 0.322 e. The van der Waals surface area contributed by atoms with E-state index in [1.165, 1.54) is 12.1 Å². The third-order valence-electron chi connectivity index (χ3n) is 6.40. The molecule has 0 radical (unpaired) electrons. The summed E-state index contributed by atoms with van der Waals surface area (Å²) in [4.78, 5) is 26.4. The number of hydrogen-bond acceptors (Lipinski definition) is 5. The van der Waals surface area contributed by atoms with Crippen LogP contribution in [0.2, 0.25) is 0 Å². The standard InChI is InChI=1S/C26H28FN5O2/c1-18-10-13-31(14-11-18)25-29-23-12-15-32(26(33)28-20-7-3-2-4-8-20)17-22(23)24(30-25)34-21-9-5-6-19(27)16-21/h2-9,16,18H,10-15,17H2,1H3,(H,28,33). The van der Waals surface area contributed by atoms with Crippen LogP contribution in [0.3, 0.4) is 0 Å². The lowest BCUT2D eigenvalue weighted by Gasteiger charge is -2.33. The first-order chi connectivity index (χ1) is 16.5. The SMILES string of the molecule is CC1CCN(c2nc3c(c(Oc4cccc(F)c4)n2)CN(C(=O)Nc2ccccc2)CC3)CC1. The molecule has 176 valence electrons. The molecule has 0 unspecified atom stereocenters. The first-order valence-corrected chi connectivity index (χ1v) is 11.7. The van der Waals surface area contributed by atoms with E-state index >= 15 is 0 Å². The number of aromatic nitrogens is 2. The van der Waals surface area contributed by atoms with Crippen LogP contribution in [0.1, 0.15) is 31.0 Å². The Bertz CT molecular complexity index is 1170. The van der Waals surface area contributed by atoms with Gasteiger partial charge in [0.05, 0.1) is 17.8 Å². The van der Waals surface area contributed by atoms with Gasteiger partial charge in [0.15, 0.2) is 0 Å². The lowest BCUT2D eigenvalue weighted by molar-refractivity contribution is 0.205. The van der Waals surface area contributed by atoms with Crippen molar-refractivity contribution in [1.29, 1.82) is 0 Å².